The lowest BCUT2D eigenvalue weighted by Crippen LogP contribution is -2.27. The Bertz CT molecular complexity index is 881. The minimum Gasteiger partial charge on any atom is -0.497 e. The first-order valence-electron chi connectivity index (χ1n) is 7.85. The van der Waals surface area contributed by atoms with E-state index in [4.69, 9.17) is 9.47 Å². The van der Waals surface area contributed by atoms with Crippen LogP contribution in [0, 0.1) is 5.82 Å². The molecule has 0 unspecified atom stereocenters. The van der Waals surface area contributed by atoms with Crippen LogP contribution in [0.5, 0.6) is 5.75 Å². The Morgan fingerprint density at radius 2 is 1.81 bits per heavy atom. The summed E-state index contributed by atoms with van der Waals surface area (Å²) in [5.74, 6) is -1.07. The van der Waals surface area contributed by atoms with Crippen molar-refractivity contribution in [2.75, 3.05) is 20.8 Å². The van der Waals surface area contributed by atoms with Crippen LogP contribution in [0.4, 0.5) is 4.39 Å². The molecule has 2 aromatic rings. The smallest absolute Gasteiger partial charge is 0.341 e. The van der Waals surface area contributed by atoms with Crippen molar-refractivity contribution in [1.29, 1.82) is 0 Å². The quantitative estimate of drug-likeness (QED) is 0.690. The monoisotopic (exact) mass is 381 g/mol. The van der Waals surface area contributed by atoms with Crippen LogP contribution in [0.25, 0.3) is 0 Å². The van der Waals surface area contributed by atoms with Crippen LogP contribution in [0.2, 0.25) is 0 Å². The van der Waals surface area contributed by atoms with Gasteiger partial charge in [-0.3, -0.25) is 0 Å². The van der Waals surface area contributed by atoms with Crippen molar-refractivity contribution in [3.63, 3.8) is 0 Å². The van der Waals surface area contributed by atoms with Crippen LogP contribution in [-0.2, 0) is 21.3 Å². The molecule has 140 valence electrons. The second-order valence-corrected chi connectivity index (χ2v) is 7.52. The van der Waals surface area contributed by atoms with E-state index in [0.29, 0.717) is 5.75 Å². The molecule has 0 saturated heterocycles. The topological polar surface area (TPSA) is 72.9 Å². The van der Waals surface area contributed by atoms with Gasteiger partial charge in [0.15, 0.2) is 0 Å². The first-order chi connectivity index (χ1) is 12.3. The molecule has 0 fully saturated rings. The summed E-state index contributed by atoms with van der Waals surface area (Å²) in [6.45, 7) is 1.75. The molecule has 0 saturated carbocycles. The lowest BCUT2D eigenvalue weighted by Gasteiger charge is -2.18. The van der Waals surface area contributed by atoms with E-state index in [9.17, 15) is 17.6 Å². The van der Waals surface area contributed by atoms with Crippen molar-refractivity contribution in [2.45, 2.75) is 18.4 Å². The molecule has 2 rings (SSSR count). The number of ether oxygens (including phenoxy) is 2. The van der Waals surface area contributed by atoms with Gasteiger partial charge in [-0.15, -0.1) is 0 Å². The summed E-state index contributed by atoms with van der Waals surface area (Å²) in [6.07, 6.45) is 0. The fourth-order valence-corrected chi connectivity index (χ4v) is 3.47. The van der Waals surface area contributed by atoms with Gasteiger partial charge in [0.25, 0.3) is 0 Å². The highest BCUT2D eigenvalue weighted by atomic mass is 32.2. The number of carbonyl (C=O) groups is 1. The van der Waals surface area contributed by atoms with Crippen molar-refractivity contribution in [3.8, 4) is 5.75 Å². The van der Waals surface area contributed by atoms with Crippen molar-refractivity contribution in [3.05, 3.63) is 59.4 Å². The highest BCUT2D eigenvalue weighted by Gasteiger charge is 2.24. The van der Waals surface area contributed by atoms with E-state index in [0.717, 1.165) is 28.1 Å². The number of esters is 1. The van der Waals surface area contributed by atoms with E-state index in [2.05, 4.69) is 0 Å². The molecule has 2 aromatic carbocycles. The Morgan fingerprint density at radius 3 is 2.38 bits per heavy atom. The zero-order valence-electron chi connectivity index (χ0n) is 14.7. The third kappa shape index (κ3) is 4.39. The van der Waals surface area contributed by atoms with Crippen molar-refractivity contribution in [1.82, 2.24) is 4.31 Å². The third-order valence-electron chi connectivity index (χ3n) is 3.71. The second-order valence-electron chi connectivity index (χ2n) is 5.47. The number of halogens is 1. The molecule has 0 heterocycles. The molecule has 0 spiro atoms. The van der Waals surface area contributed by atoms with Crippen LogP contribution in [-0.4, -0.2) is 39.5 Å². The number of hydrogen-bond acceptors (Lipinski definition) is 5. The fraction of sp³-hybridized carbons (Fsp3) is 0.278. The van der Waals surface area contributed by atoms with E-state index < -0.39 is 27.4 Å². The maximum Gasteiger partial charge on any atom is 0.341 e. The minimum atomic E-state index is -3.91. The van der Waals surface area contributed by atoms with E-state index in [1.807, 2.05) is 0 Å². The molecule has 0 aliphatic rings. The molecular weight excluding hydrogens is 361 g/mol. The molecule has 0 atom stereocenters. The van der Waals surface area contributed by atoms with E-state index in [1.54, 1.807) is 38.3 Å². The summed E-state index contributed by atoms with van der Waals surface area (Å²) < 4.78 is 50.2. The van der Waals surface area contributed by atoms with E-state index in [1.165, 1.54) is 7.05 Å². The number of rotatable bonds is 7. The van der Waals surface area contributed by atoms with Gasteiger partial charge < -0.3 is 9.47 Å². The lowest BCUT2D eigenvalue weighted by atomic mass is 10.2. The molecule has 6 nitrogen and oxygen atoms in total. The Morgan fingerprint density at radius 1 is 1.15 bits per heavy atom. The van der Waals surface area contributed by atoms with Crippen molar-refractivity contribution < 1.29 is 27.1 Å². The summed E-state index contributed by atoms with van der Waals surface area (Å²) in [7, 11) is -0.960. The normalized spacial score (nSPS) is 11.4. The van der Waals surface area contributed by atoms with Gasteiger partial charge >= 0.3 is 5.97 Å². The predicted octanol–water partition coefficient (Wildman–Crippen LogP) is 2.83. The van der Waals surface area contributed by atoms with Crippen LogP contribution < -0.4 is 4.74 Å². The molecular formula is C18H20FNO5S. The first kappa shape index (κ1) is 19.9. The fourth-order valence-electron chi connectivity index (χ4n) is 2.28. The van der Waals surface area contributed by atoms with Gasteiger partial charge in [-0.25, -0.2) is 17.6 Å². The van der Waals surface area contributed by atoms with Gasteiger partial charge in [0, 0.05) is 13.6 Å². The molecule has 26 heavy (non-hydrogen) atoms. The molecule has 0 amide bonds. The van der Waals surface area contributed by atoms with Gasteiger partial charge in [0.1, 0.15) is 11.6 Å². The average Bonchev–Trinajstić information content (AvgIpc) is 2.62. The van der Waals surface area contributed by atoms with Gasteiger partial charge in [-0.05, 0) is 42.8 Å². The number of methoxy groups -OCH3 is 1. The highest BCUT2D eigenvalue weighted by molar-refractivity contribution is 7.89. The summed E-state index contributed by atoms with van der Waals surface area (Å²) in [4.78, 5) is 11.6. The van der Waals surface area contributed by atoms with Crippen molar-refractivity contribution in [2.24, 2.45) is 0 Å². The zero-order valence-corrected chi connectivity index (χ0v) is 15.5. The van der Waals surface area contributed by atoms with Crippen LogP contribution in [0.15, 0.2) is 47.4 Å². The standard InChI is InChI=1S/C18H20FNO5S/c1-4-25-18(21)16-11-15(9-10-17(16)19)26(22,23)20(2)12-13-5-7-14(24-3)8-6-13/h5-11H,4,12H2,1-3H3. The van der Waals surface area contributed by atoms with E-state index >= 15 is 0 Å². The van der Waals surface area contributed by atoms with E-state index in [-0.39, 0.29) is 18.0 Å². The maximum atomic E-state index is 13.8. The Balaban J connectivity index is 2.27. The van der Waals surface area contributed by atoms with Gasteiger partial charge in [0.05, 0.1) is 24.2 Å². The summed E-state index contributed by atoms with van der Waals surface area (Å²) >= 11 is 0. The average molecular weight is 381 g/mol. The van der Waals surface area contributed by atoms with Crippen LogP contribution in [0.1, 0.15) is 22.8 Å². The summed E-state index contributed by atoms with van der Waals surface area (Å²) in [5.41, 5.74) is 0.343. The number of benzene rings is 2. The maximum absolute atomic E-state index is 13.8. The van der Waals surface area contributed by atoms with Crippen LogP contribution >= 0.6 is 0 Å². The number of hydrogen-bond donors (Lipinski definition) is 0. The van der Waals surface area contributed by atoms with Gasteiger partial charge in [0.2, 0.25) is 10.0 Å². The Hall–Kier alpha value is -2.45. The minimum absolute atomic E-state index is 0.0621. The summed E-state index contributed by atoms with van der Waals surface area (Å²) in [5, 5.41) is 0. The molecule has 0 aliphatic carbocycles. The van der Waals surface area contributed by atoms with Gasteiger partial charge in [-0.1, -0.05) is 12.1 Å². The molecule has 0 radical (unpaired) electrons. The number of carbonyl (C=O) groups excluding carboxylic acids is 1. The predicted molar refractivity (Wildman–Crippen MR) is 94.0 cm³/mol. The lowest BCUT2D eigenvalue weighted by molar-refractivity contribution is 0.0520. The molecule has 0 bridgehead atoms. The highest BCUT2D eigenvalue weighted by Crippen LogP contribution is 2.21. The molecule has 0 aliphatic heterocycles. The molecule has 0 N–H and O–H groups in total. The number of nitrogens with zero attached hydrogens (tertiary/aromatic N) is 1. The SMILES string of the molecule is CCOC(=O)c1cc(S(=O)(=O)N(C)Cc2ccc(OC)cc2)ccc1F. The zero-order chi connectivity index (χ0) is 19.3. The largest absolute Gasteiger partial charge is 0.497 e. The number of sulfonamides is 1. The molecule has 8 heteroatoms. The summed E-state index contributed by atoms with van der Waals surface area (Å²) in [6, 6.07) is 10.0. The Kier molecular flexibility index (Phi) is 6.33. The third-order valence-corrected chi connectivity index (χ3v) is 5.51. The molecule has 0 aromatic heterocycles. The second kappa shape index (κ2) is 8.29. The van der Waals surface area contributed by atoms with Crippen molar-refractivity contribution >= 4 is 16.0 Å². The van der Waals surface area contributed by atoms with Crippen LogP contribution in [0.3, 0.4) is 0 Å². The van der Waals surface area contributed by atoms with Gasteiger partial charge in [-0.2, -0.15) is 4.31 Å². The first-order valence-corrected chi connectivity index (χ1v) is 9.29. The Labute approximate surface area is 152 Å².